The van der Waals surface area contributed by atoms with Crippen molar-refractivity contribution in [2.24, 2.45) is 0 Å². The standard InChI is InChI=1S/C14H12ClNO4/c1-3-19-14(18)10-7-20-12(5-11(10)17)9-4-8(2)6-16-13(9)15/h4-7H,3H2,1-2H3. The topological polar surface area (TPSA) is 69.4 Å². The monoisotopic (exact) mass is 293 g/mol. The van der Waals surface area contributed by atoms with Gasteiger partial charge < -0.3 is 9.15 Å². The van der Waals surface area contributed by atoms with Crippen LogP contribution in [0.15, 0.2) is 33.8 Å². The second-order valence-electron chi connectivity index (χ2n) is 4.09. The number of carbonyl (C=O) groups is 1. The van der Waals surface area contributed by atoms with E-state index in [9.17, 15) is 9.59 Å². The zero-order valence-corrected chi connectivity index (χ0v) is 11.7. The summed E-state index contributed by atoms with van der Waals surface area (Å²) >= 11 is 5.97. The molecular formula is C14H12ClNO4. The molecule has 5 nitrogen and oxygen atoms in total. The number of pyridine rings is 1. The summed E-state index contributed by atoms with van der Waals surface area (Å²) in [5.41, 5.74) is 0.746. The Hall–Kier alpha value is -2.14. The van der Waals surface area contributed by atoms with Gasteiger partial charge in [-0.15, -0.1) is 0 Å². The Morgan fingerprint density at radius 2 is 2.20 bits per heavy atom. The van der Waals surface area contributed by atoms with Crippen molar-refractivity contribution >= 4 is 17.6 Å². The van der Waals surface area contributed by atoms with Crippen LogP contribution in [0.2, 0.25) is 5.15 Å². The lowest BCUT2D eigenvalue weighted by molar-refractivity contribution is 0.0522. The van der Waals surface area contributed by atoms with E-state index in [-0.39, 0.29) is 23.1 Å². The molecule has 20 heavy (non-hydrogen) atoms. The first kappa shape index (κ1) is 14.3. The molecule has 0 aliphatic rings. The van der Waals surface area contributed by atoms with Gasteiger partial charge in [0, 0.05) is 12.3 Å². The second kappa shape index (κ2) is 5.88. The lowest BCUT2D eigenvalue weighted by Crippen LogP contribution is -2.16. The maximum absolute atomic E-state index is 11.9. The maximum atomic E-state index is 11.9. The van der Waals surface area contributed by atoms with E-state index in [0.29, 0.717) is 5.56 Å². The number of halogens is 1. The van der Waals surface area contributed by atoms with Gasteiger partial charge in [-0.05, 0) is 25.5 Å². The van der Waals surface area contributed by atoms with Gasteiger partial charge in [0.05, 0.1) is 12.2 Å². The molecule has 2 aromatic rings. The molecule has 0 spiro atoms. The third kappa shape index (κ3) is 2.88. The Balaban J connectivity index is 2.46. The van der Waals surface area contributed by atoms with E-state index < -0.39 is 11.4 Å². The van der Waals surface area contributed by atoms with Crippen LogP contribution < -0.4 is 5.43 Å². The van der Waals surface area contributed by atoms with Crippen LogP contribution in [-0.4, -0.2) is 17.6 Å². The molecule has 104 valence electrons. The highest BCUT2D eigenvalue weighted by Gasteiger charge is 2.15. The minimum atomic E-state index is -0.707. The predicted molar refractivity (Wildman–Crippen MR) is 73.9 cm³/mol. The average Bonchev–Trinajstić information content (AvgIpc) is 2.41. The summed E-state index contributed by atoms with van der Waals surface area (Å²) < 4.78 is 10.1. The maximum Gasteiger partial charge on any atom is 0.345 e. The van der Waals surface area contributed by atoms with Crippen LogP contribution in [0.4, 0.5) is 0 Å². The van der Waals surface area contributed by atoms with Crippen LogP contribution in [-0.2, 0) is 4.74 Å². The predicted octanol–water partition coefficient (Wildman–Crippen LogP) is 2.84. The van der Waals surface area contributed by atoms with Crippen molar-refractivity contribution in [3.05, 3.63) is 51.1 Å². The van der Waals surface area contributed by atoms with Gasteiger partial charge in [-0.2, -0.15) is 0 Å². The van der Waals surface area contributed by atoms with E-state index >= 15 is 0 Å². The van der Waals surface area contributed by atoms with E-state index in [0.717, 1.165) is 11.8 Å². The van der Waals surface area contributed by atoms with E-state index in [1.807, 2.05) is 6.92 Å². The molecular weight excluding hydrogens is 282 g/mol. The summed E-state index contributed by atoms with van der Waals surface area (Å²) in [7, 11) is 0. The Labute approximate surface area is 120 Å². The fourth-order valence-electron chi connectivity index (χ4n) is 1.64. The minimum absolute atomic E-state index is 0.146. The van der Waals surface area contributed by atoms with Crippen LogP contribution in [0.1, 0.15) is 22.8 Å². The number of rotatable bonds is 3. The molecule has 0 aromatic carbocycles. The van der Waals surface area contributed by atoms with Gasteiger partial charge in [-0.3, -0.25) is 4.79 Å². The first-order valence-electron chi connectivity index (χ1n) is 5.95. The molecule has 0 fully saturated rings. The van der Waals surface area contributed by atoms with Gasteiger partial charge in [0.25, 0.3) is 0 Å². The van der Waals surface area contributed by atoms with Gasteiger partial charge in [0.1, 0.15) is 22.7 Å². The highest BCUT2D eigenvalue weighted by Crippen LogP contribution is 2.26. The van der Waals surface area contributed by atoms with Gasteiger partial charge in [0.2, 0.25) is 0 Å². The average molecular weight is 294 g/mol. The highest BCUT2D eigenvalue weighted by molar-refractivity contribution is 6.32. The molecule has 0 aliphatic heterocycles. The van der Waals surface area contributed by atoms with Gasteiger partial charge in [-0.25, -0.2) is 9.78 Å². The smallest absolute Gasteiger partial charge is 0.345 e. The van der Waals surface area contributed by atoms with Crippen molar-refractivity contribution in [1.29, 1.82) is 0 Å². The first-order valence-corrected chi connectivity index (χ1v) is 6.33. The number of hydrogen-bond donors (Lipinski definition) is 0. The third-order valence-corrected chi connectivity index (χ3v) is 2.87. The van der Waals surface area contributed by atoms with E-state index in [4.69, 9.17) is 20.8 Å². The third-order valence-electron chi connectivity index (χ3n) is 2.57. The molecule has 2 heterocycles. The molecule has 0 N–H and O–H groups in total. The number of carbonyl (C=O) groups excluding carboxylic acids is 1. The second-order valence-corrected chi connectivity index (χ2v) is 4.45. The van der Waals surface area contributed by atoms with Crippen molar-refractivity contribution in [2.75, 3.05) is 6.61 Å². The van der Waals surface area contributed by atoms with Gasteiger partial charge in [-0.1, -0.05) is 11.6 Å². The molecule has 0 aliphatic carbocycles. The van der Waals surface area contributed by atoms with Crippen LogP contribution >= 0.6 is 11.6 Å². The fraction of sp³-hybridized carbons (Fsp3) is 0.214. The summed E-state index contributed by atoms with van der Waals surface area (Å²) in [6.07, 6.45) is 2.69. The lowest BCUT2D eigenvalue weighted by Gasteiger charge is -2.05. The van der Waals surface area contributed by atoms with Crippen molar-refractivity contribution in [1.82, 2.24) is 4.98 Å². The molecule has 0 atom stereocenters. The normalized spacial score (nSPS) is 10.3. The zero-order chi connectivity index (χ0) is 14.7. The number of aryl methyl sites for hydroxylation is 1. The van der Waals surface area contributed by atoms with Crippen molar-refractivity contribution < 1.29 is 13.9 Å². The molecule has 6 heteroatoms. The Bertz CT molecular complexity index is 709. The number of esters is 1. The molecule has 0 amide bonds. The summed E-state index contributed by atoms with van der Waals surface area (Å²) in [6, 6.07) is 2.95. The SMILES string of the molecule is CCOC(=O)c1coc(-c2cc(C)cnc2Cl)cc1=O. The van der Waals surface area contributed by atoms with E-state index in [1.165, 1.54) is 6.07 Å². The number of hydrogen-bond acceptors (Lipinski definition) is 5. The highest BCUT2D eigenvalue weighted by atomic mass is 35.5. The van der Waals surface area contributed by atoms with Crippen molar-refractivity contribution in [2.45, 2.75) is 13.8 Å². The molecule has 2 rings (SSSR count). The molecule has 2 aromatic heterocycles. The Morgan fingerprint density at radius 3 is 2.85 bits per heavy atom. The summed E-state index contributed by atoms with van der Waals surface area (Å²) in [6.45, 7) is 3.69. The quantitative estimate of drug-likeness (QED) is 0.643. The first-order chi connectivity index (χ1) is 9.52. The Kier molecular flexibility index (Phi) is 4.20. The van der Waals surface area contributed by atoms with Crippen LogP contribution in [0.25, 0.3) is 11.3 Å². The Morgan fingerprint density at radius 1 is 1.45 bits per heavy atom. The molecule has 0 bridgehead atoms. The van der Waals surface area contributed by atoms with E-state index in [2.05, 4.69) is 4.98 Å². The number of nitrogens with zero attached hydrogens (tertiary/aromatic N) is 1. The summed E-state index contributed by atoms with van der Waals surface area (Å²) in [5.74, 6) is -0.453. The molecule has 0 radical (unpaired) electrons. The van der Waals surface area contributed by atoms with Crippen molar-refractivity contribution in [3.63, 3.8) is 0 Å². The largest absolute Gasteiger partial charge is 0.463 e. The fourth-order valence-corrected chi connectivity index (χ4v) is 1.83. The van der Waals surface area contributed by atoms with Crippen LogP contribution in [0, 0.1) is 6.92 Å². The van der Waals surface area contributed by atoms with E-state index in [1.54, 1.807) is 19.2 Å². The number of ether oxygens (including phenoxy) is 1. The van der Waals surface area contributed by atoms with Gasteiger partial charge >= 0.3 is 5.97 Å². The van der Waals surface area contributed by atoms with Gasteiger partial charge in [0.15, 0.2) is 5.43 Å². The minimum Gasteiger partial charge on any atom is -0.463 e. The summed E-state index contributed by atoms with van der Waals surface area (Å²) in [4.78, 5) is 27.4. The van der Waals surface area contributed by atoms with Crippen LogP contribution in [0.3, 0.4) is 0 Å². The molecule has 0 unspecified atom stereocenters. The zero-order valence-electron chi connectivity index (χ0n) is 11.0. The lowest BCUT2D eigenvalue weighted by atomic mass is 10.1. The summed E-state index contributed by atoms with van der Waals surface area (Å²) in [5, 5.41) is 0.225. The number of aromatic nitrogens is 1. The van der Waals surface area contributed by atoms with Crippen molar-refractivity contribution in [3.8, 4) is 11.3 Å². The van der Waals surface area contributed by atoms with Crippen LogP contribution in [0.5, 0.6) is 0 Å². The molecule has 0 saturated carbocycles. The molecule has 0 saturated heterocycles.